The molecular formula is C18H13BrN2O2. The van der Waals surface area contributed by atoms with E-state index in [0.29, 0.717) is 0 Å². The molecular weight excluding hydrogens is 356 g/mol. The highest BCUT2D eigenvalue weighted by Crippen LogP contribution is 2.24. The van der Waals surface area contributed by atoms with Gasteiger partial charge in [0, 0.05) is 4.47 Å². The highest BCUT2D eigenvalue weighted by molar-refractivity contribution is 9.10. The van der Waals surface area contributed by atoms with Gasteiger partial charge in [-0.05, 0) is 40.6 Å². The highest BCUT2D eigenvalue weighted by atomic mass is 79.9. The quantitative estimate of drug-likeness (QED) is 0.540. The maximum absolute atomic E-state index is 12.2. The Kier molecular flexibility index (Phi) is 4.39. The Morgan fingerprint density at radius 3 is 2.52 bits per heavy atom. The normalized spacial score (nSPS) is 11.0. The van der Waals surface area contributed by atoms with Crippen LogP contribution in [0.15, 0.2) is 70.2 Å². The average Bonchev–Trinajstić information content (AvgIpc) is 2.54. The minimum Gasteiger partial charge on any atom is -0.507 e. The third-order valence-electron chi connectivity index (χ3n) is 3.34. The number of fused-ring (bicyclic) bond motifs is 1. The van der Waals surface area contributed by atoms with Crippen LogP contribution < -0.4 is 5.43 Å². The lowest BCUT2D eigenvalue weighted by Crippen LogP contribution is -2.17. The number of hydrogen-bond donors (Lipinski definition) is 2. The summed E-state index contributed by atoms with van der Waals surface area (Å²) < 4.78 is 0.931. The van der Waals surface area contributed by atoms with Crippen molar-refractivity contribution >= 4 is 38.8 Å². The number of halogens is 1. The first-order valence-electron chi connectivity index (χ1n) is 6.94. The molecule has 0 aliphatic heterocycles. The highest BCUT2D eigenvalue weighted by Gasteiger charge is 2.11. The lowest BCUT2D eigenvalue weighted by molar-refractivity contribution is 0.0952. The molecule has 0 heterocycles. The van der Waals surface area contributed by atoms with Gasteiger partial charge in [0.15, 0.2) is 0 Å². The number of carbonyl (C=O) groups excluding carboxylic acids is 1. The number of carbonyl (C=O) groups is 1. The van der Waals surface area contributed by atoms with Crippen molar-refractivity contribution < 1.29 is 9.90 Å². The molecule has 4 nitrogen and oxygen atoms in total. The fraction of sp³-hybridized carbons (Fsp3) is 0. The van der Waals surface area contributed by atoms with Crippen molar-refractivity contribution in [2.24, 2.45) is 5.10 Å². The largest absolute Gasteiger partial charge is 0.507 e. The third kappa shape index (κ3) is 3.57. The number of hydrogen-bond acceptors (Lipinski definition) is 3. The van der Waals surface area contributed by atoms with Gasteiger partial charge in [0.1, 0.15) is 5.75 Å². The first-order valence-corrected chi connectivity index (χ1v) is 7.73. The van der Waals surface area contributed by atoms with E-state index < -0.39 is 5.91 Å². The maximum Gasteiger partial charge on any atom is 0.275 e. The molecule has 1 amide bonds. The summed E-state index contributed by atoms with van der Waals surface area (Å²) in [5.41, 5.74) is 3.47. The van der Waals surface area contributed by atoms with Gasteiger partial charge in [0.05, 0.1) is 11.8 Å². The molecule has 23 heavy (non-hydrogen) atoms. The number of rotatable bonds is 3. The summed E-state index contributed by atoms with van der Waals surface area (Å²) in [6.07, 6.45) is 1.54. The van der Waals surface area contributed by atoms with Crippen molar-refractivity contribution in [3.05, 3.63) is 76.3 Å². The van der Waals surface area contributed by atoms with E-state index in [1.807, 2.05) is 48.5 Å². The van der Waals surface area contributed by atoms with E-state index in [9.17, 15) is 9.90 Å². The van der Waals surface area contributed by atoms with Crippen molar-refractivity contribution in [1.29, 1.82) is 0 Å². The Bertz CT molecular complexity index is 906. The van der Waals surface area contributed by atoms with E-state index in [4.69, 9.17) is 0 Å². The summed E-state index contributed by atoms with van der Waals surface area (Å²) in [6, 6.07) is 18.3. The van der Waals surface area contributed by atoms with Crippen LogP contribution in [0.3, 0.4) is 0 Å². The molecule has 0 aliphatic carbocycles. The molecule has 0 fully saturated rings. The molecule has 3 rings (SSSR count). The molecule has 0 radical (unpaired) electrons. The summed E-state index contributed by atoms with van der Waals surface area (Å²) >= 11 is 3.37. The molecule has 0 unspecified atom stereocenters. The van der Waals surface area contributed by atoms with Crippen molar-refractivity contribution in [2.45, 2.75) is 0 Å². The predicted molar refractivity (Wildman–Crippen MR) is 94.8 cm³/mol. The second kappa shape index (κ2) is 6.62. The van der Waals surface area contributed by atoms with E-state index in [0.717, 1.165) is 20.8 Å². The first kappa shape index (κ1) is 15.2. The Morgan fingerprint density at radius 1 is 1.04 bits per heavy atom. The van der Waals surface area contributed by atoms with Crippen LogP contribution in [0.5, 0.6) is 5.75 Å². The Balaban J connectivity index is 1.79. The lowest BCUT2D eigenvalue weighted by Gasteiger charge is -2.05. The molecule has 0 bridgehead atoms. The maximum atomic E-state index is 12.2. The SMILES string of the molecule is O=C(N/N=C\c1cccc(Br)c1)c1cc2ccccc2cc1O. The number of nitrogens with zero attached hydrogens (tertiary/aromatic N) is 1. The van der Waals surface area contributed by atoms with E-state index >= 15 is 0 Å². The molecule has 3 aromatic carbocycles. The van der Waals surface area contributed by atoms with Crippen molar-refractivity contribution in [2.75, 3.05) is 0 Å². The van der Waals surface area contributed by atoms with Gasteiger partial charge in [-0.15, -0.1) is 0 Å². The summed E-state index contributed by atoms with van der Waals surface area (Å²) in [5.74, 6) is -0.529. The molecule has 5 heteroatoms. The minimum atomic E-state index is -0.459. The summed E-state index contributed by atoms with van der Waals surface area (Å²) in [7, 11) is 0. The van der Waals surface area contributed by atoms with Gasteiger partial charge < -0.3 is 5.11 Å². The standard InChI is InChI=1S/C18H13BrN2O2/c19-15-7-3-4-12(8-15)11-20-21-18(23)16-9-13-5-1-2-6-14(13)10-17(16)22/h1-11,22H,(H,21,23)/b20-11-. The van der Waals surface area contributed by atoms with Crippen LogP contribution in [-0.2, 0) is 0 Å². The number of nitrogens with one attached hydrogen (secondary N) is 1. The van der Waals surface area contributed by atoms with Gasteiger partial charge in [0.2, 0.25) is 0 Å². The summed E-state index contributed by atoms with van der Waals surface area (Å²) in [6.45, 7) is 0. The average molecular weight is 369 g/mol. The van der Waals surface area contributed by atoms with Crippen molar-refractivity contribution in [1.82, 2.24) is 5.43 Å². The van der Waals surface area contributed by atoms with E-state index in [1.165, 1.54) is 0 Å². The van der Waals surface area contributed by atoms with Crippen LogP contribution in [0.1, 0.15) is 15.9 Å². The monoisotopic (exact) mass is 368 g/mol. The molecule has 0 aliphatic rings. The Hall–Kier alpha value is -2.66. The van der Waals surface area contributed by atoms with Crippen LogP contribution in [-0.4, -0.2) is 17.2 Å². The molecule has 0 aromatic heterocycles. The molecule has 3 aromatic rings. The molecule has 0 saturated heterocycles. The van der Waals surface area contributed by atoms with Gasteiger partial charge in [-0.25, -0.2) is 5.43 Å². The Morgan fingerprint density at radius 2 is 1.78 bits per heavy atom. The second-order valence-electron chi connectivity index (χ2n) is 4.97. The van der Waals surface area contributed by atoms with Crippen LogP contribution in [0.25, 0.3) is 10.8 Å². The van der Waals surface area contributed by atoms with E-state index in [1.54, 1.807) is 18.3 Å². The topological polar surface area (TPSA) is 61.7 Å². The van der Waals surface area contributed by atoms with Crippen molar-refractivity contribution in [3.63, 3.8) is 0 Å². The van der Waals surface area contributed by atoms with Crippen LogP contribution in [0.2, 0.25) is 0 Å². The van der Waals surface area contributed by atoms with Gasteiger partial charge >= 0.3 is 0 Å². The zero-order valence-electron chi connectivity index (χ0n) is 12.0. The number of aromatic hydroxyl groups is 1. The molecule has 0 atom stereocenters. The van der Waals surface area contributed by atoms with E-state index in [-0.39, 0.29) is 11.3 Å². The molecule has 0 spiro atoms. The van der Waals surface area contributed by atoms with Crippen LogP contribution in [0, 0.1) is 0 Å². The molecule has 2 N–H and O–H groups in total. The number of phenolic OH excluding ortho intramolecular Hbond substituents is 1. The molecule has 114 valence electrons. The first-order chi connectivity index (χ1) is 11.1. The van der Waals surface area contributed by atoms with Gasteiger partial charge in [-0.2, -0.15) is 5.10 Å². The zero-order chi connectivity index (χ0) is 16.2. The predicted octanol–water partition coefficient (Wildman–Crippen LogP) is 4.07. The van der Waals surface area contributed by atoms with Crippen LogP contribution >= 0.6 is 15.9 Å². The number of amides is 1. The van der Waals surface area contributed by atoms with Crippen molar-refractivity contribution in [3.8, 4) is 5.75 Å². The van der Waals surface area contributed by atoms with Gasteiger partial charge in [0.25, 0.3) is 5.91 Å². The summed E-state index contributed by atoms with van der Waals surface area (Å²) in [4.78, 5) is 12.2. The smallest absolute Gasteiger partial charge is 0.275 e. The minimum absolute atomic E-state index is 0.0705. The summed E-state index contributed by atoms with van der Waals surface area (Å²) in [5, 5.41) is 15.7. The fourth-order valence-corrected chi connectivity index (χ4v) is 2.64. The second-order valence-corrected chi connectivity index (χ2v) is 5.89. The fourth-order valence-electron chi connectivity index (χ4n) is 2.22. The third-order valence-corrected chi connectivity index (χ3v) is 3.83. The number of phenols is 1. The van der Waals surface area contributed by atoms with Crippen LogP contribution in [0.4, 0.5) is 0 Å². The lowest BCUT2D eigenvalue weighted by atomic mass is 10.1. The Labute approximate surface area is 141 Å². The van der Waals surface area contributed by atoms with Gasteiger partial charge in [-0.3, -0.25) is 4.79 Å². The molecule has 0 saturated carbocycles. The van der Waals surface area contributed by atoms with E-state index in [2.05, 4.69) is 26.5 Å². The zero-order valence-corrected chi connectivity index (χ0v) is 13.6. The van der Waals surface area contributed by atoms with Gasteiger partial charge in [-0.1, -0.05) is 52.3 Å². The number of hydrazone groups is 1. The number of benzene rings is 3.